The van der Waals surface area contributed by atoms with Crippen molar-refractivity contribution in [3.63, 3.8) is 0 Å². The number of para-hydroxylation sites is 1. The number of nitrogens with one attached hydrogen (secondary N) is 1. The summed E-state index contributed by atoms with van der Waals surface area (Å²) in [6.45, 7) is 2.27. The molecule has 2 aromatic heterocycles. The largest absolute Gasteiger partial charge is 0.497 e. The smallest absolute Gasteiger partial charge is 0.135 e. The van der Waals surface area contributed by atoms with E-state index in [9.17, 15) is 0 Å². The van der Waals surface area contributed by atoms with E-state index in [1.165, 1.54) is 16.5 Å². The summed E-state index contributed by atoms with van der Waals surface area (Å²) in [6, 6.07) is 29.3. The quantitative estimate of drug-likeness (QED) is 0.330. The van der Waals surface area contributed by atoms with E-state index >= 15 is 0 Å². The molecule has 0 spiro atoms. The van der Waals surface area contributed by atoms with Gasteiger partial charge in [-0.25, -0.2) is 0 Å². The van der Waals surface area contributed by atoms with E-state index in [1.807, 2.05) is 30.3 Å². The Morgan fingerprint density at radius 2 is 1.59 bits per heavy atom. The summed E-state index contributed by atoms with van der Waals surface area (Å²) in [5.74, 6) is 2.84. The van der Waals surface area contributed by atoms with Gasteiger partial charge in [0.05, 0.1) is 12.8 Å². The van der Waals surface area contributed by atoms with Gasteiger partial charge in [-0.1, -0.05) is 67.6 Å². The molecule has 3 heteroatoms. The molecule has 1 atom stereocenters. The van der Waals surface area contributed by atoms with Gasteiger partial charge in [0.25, 0.3) is 0 Å². The lowest BCUT2D eigenvalue weighted by molar-refractivity contribution is 0.415. The molecular weight excluding hydrogens is 394 g/mol. The van der Waals surface area contributed by atoms with Crippen molar-refractivity contribution >= 4 is 22.6 Å². The molecule has 6 rings (SSSR count). The lowest BCUT2D eigenvalue weighted by Crippen LogP contribution is -1.97. The Kier molecular flexibility index (Phi) is 4.29. The predicted molar refractivity (Wildman–Crippen MR) is 130 cm³/mol. The van der Waals surface area contributed by atoms with Crippen molar-refractivity contribution in [3.05, 3.63) is 113 Å². The maximum absolute atomic E-state index is 6.44. The van der Waals surface area contributed by atoms with Gasteiger partial charge in [0.1, 0.15) is 17.3 Å². The van der Waals surface area contributed by atoms with Crippen LogP contribution in [0.5, 0.6) is 5.75 Å². The zero-order chi connectivity index (χ0) is 21.7. The third-order valence-electron chi connectivity index (χ3n) is 6.44. The SMILES string of the molecule is COc1ccc(C2=Cc3oc(-c4ccccc4)cc3C(C)c3c2[nH]c2ccccc32)cc1. The number of furan rings is 1. The molecule has 0 aliphatic heterocycles. The van der Waals surface area contributed by atoms with Gasteiger partial charge in [0.2, 0.25) is 0 Å². The highest BCUT2D eigenvalue weighted by molar-refractivity contribution is 5.99. The number of H-pyrrole nitrogens is 1. The number of benzene rings is 3. The second-order valence-electron chi connectivity index (χ2n) is 8.26. The standard InChI is InChI=1S/C29H23NO2/c1-18-23-16-26(20-8-4-3-5-9-20)32-27(23)17-24(19-12-14-21(31-2)15-13-19)29-28(18)22-10-6-7-11-25(22)30-29/h3-18,30H,1-2H3. The Labute approximate surface area is 187 Å². The molecular formula is C29H23NO2. The van der Waals surface area contributed by atoms with Crippen LogP contribution < -0.4 is 4.74 Å². The fraction of sp³-hybridized carbons (Fsp3) is 0.103. The van der Waals surface area contributed by atoms with Crippen LogP contribution in [0.2, 0.25) is 0 Å². The van der Waals surface area contributed by atoms with Crippen LogP contribution in [-0.4, -0.2) is 12.1 Å². The first-order valence-electron chi connectivity index (χ1n) is 10.9. The molecule has 0 bridgehead atoms. The Morgan fingerprint density at radius 3 is 2.38 bits per heavy atom. The lowest BCUT2D eigenvalue weighted by atomic mass is 9.90. The Hall–Kier alpha value is -3.98. The molecule has 2 heterocycles. The van der Waals surface area contributed by atoms with Crippen molar-refractivity contribution in [3.8, 4) is 17.1 Å². The molecule has 156 valence electrons. The van der Waals surface area contributed by atoms with Crippen LogP contribution in [0.4, 0.5) is 0 Å². The topological polar surface area (TPSA) is 38.2 Å². The van der Waals surface area contributed by atoms with Gasteiger partial charge in [-0.15, -0.1) is 0 Å². The van der Waals surface area contributed by atoms with Crippen molar-refractivity contribution in [2.24, 2.45) is 0 Å². The zero-order valence-corrected chi connectivity index (χ0v) is 18.1. The highest BCUT2D eigenvalue weighted by Gasteiger charge is 2.29. The number of methoxy groups -OCH3 is 1. The van der Waals surface area contributed by atoms with Crippen LogP contribution in [0.15, 0.2) is 89.3 Å². The van der Waals surface area contributed by atoms with Gasteiger partial charge in [0.15, 0.2) is 0 Å². The third kappa shape index (κ3) is 2.89. The summed E-state index contributed by atoms with van der Waals surface area (Å²) in [6.07, 6.45) is 2.18. The van der Waals surface area contributed by atoms with E-state index in [4.69, 9.17) is 9.15 Å². The number of hydrogen-bond acceptors (Lipinski definition) is 2. The van der Waals surface area contributed by atoms with E-state index in [0.29, 0.717) is 0 Å². The van der Waals surface area contributed by atoms with Gasteiger partial charge in [-0.05, 0) is 41.5 Å². The molecule has 32 heavy (non-hydrogen) atoms. The fourth-order valence-electron chi connectivity index (χ4n) is 4.80. The van der Waals surface area contributed by atoms with Crippen molar-refractivity contribution in [1.29, 1.82) is 0 Å². The number of fused-ring (bicyclic) bond motifs is 4. The average Bonchev–Trinajstić information content (AvgIpc) is 3.42. The minimum Gasteiger partial charge on any atom is -0.497 e. The molecule has 3 nitrogen and oxygen atoms in total. The van der Waals surface area contributed by atoms with Crippen LogP contribution in [0.1, 0.15) is 41.0 Å². The summed E-state index contributed by atoms with van der Waals surface area (Å²) < 4.78 is 11.8. The molecule has 1 aliphatic carbocycles. The molecule has 1 unspecified atom stereocenters. The molecule has 5 aromatic rings. The molecule has 0 radical (unpaired) electrons. The third-order valence-corrected chi connectivity index (χ3v) is 6.44. The summed E-state index contributed by atoms with van der Waals surface area (Å²) >= 11 is 0. The van der Waals surface area contributed by atoms with Gasteiger partial charge in [-0.2, -0.15) is 0 Å². The first kappa shape index (κ1) is 18.8. The predicted octanol–water partition coefficient (Wildman–Crippen LogP) is 7.49. The molecule has 0 saturated heterocycles. The fourth-order valence-corrected chi connectivity index (χ4v) is 4.80. The van der Waals surface area contributed by atoms with Crippen molar-refractivity contribution < 1.29 is 9.15 Å². The van der Waals surface area contributed by atoms with Crippen LogP contribution in [0, 0.1) is 0 Å². The van der Waals surface area contributed by atoms with Crippen molar-refractivity contribution in [2.45, 2.75) is 12.8 Å². The zero-order valence-electron chi connectivity index (χ0n) is 18.1. The van der Waals surface area contributed by atoms with Gasteiger partial charge in [0, 0.05) is 33.5 Å². The normalized spacial score (nSPS) is 15.1. The van der Waals surface area contributed by atoms with Crippen LogP contribution in [-0.2, 0) is 0 Å². The Bertz CT molecular complexity index is 1450. The first-order valence-corrected chi connectivity index (χ1v) is 10.9. The van der Waals surface area contributed by atoms with Crippen LogP contribution >= 0.6 is 0 Å². The van der Waals surface area contributed by atoms with Gasteiger partial charge < -0.3 is 14.1 Å². The van der Waals surface area contributed by atoms with Crippen molar-refractivity contribution in [1.82, 2.24) is 4.98 Å². The van der Waals surface area contributed by atoms with Gasteiger partial charge >= 0.3 is 0 Å². The van der Waals surface area contributed by atoms with Crippen LogP contribution in [0.3, 0.4) is 0 Å². The maximum atomic E-state index is 6.44. The summed E-state index contributed by atoms with van der Waals surface area (Å²) in [5.41, 5.74) is 8.15. The minimum absolute atomic E-state index is 0.185. The van der Waals surface area contributed by atoms with E-state index in [0.717, 1.165) is 45.2 Å². The molecule has 0 amide bonds. The summed E-state index contributed by atoms with van der Waals surface area (Å²) in [4.78, 5) is 3.69. The van der Waals surface area contributed by atoms with E-state index in [1.54, 1.807) is 7.11 Å². The van der Waals surface area contributed by atoms with E-state index < -0.39 is 0 Å². The summed E-state index contributed by atoms with van der Waals surface area (Å²) in [5, 5.41) is 1.25. The number of ether oxygens (including phenoxy) is 1. The Balaban J connectivity index is 1.62. The molecule has 3 aromatic carbocycles. The summed E-state index contributed by atoms with van der Waals surface area (Å²) in [7, 11) is 1.69. The average molecular weight is 418 g/mol. The lowest BCUT2D eigenvalue weighted by Gasteiger charge is -2.12. The molecule has 1 N–H and O–H groups in total. The van der Waals surface area contributed by atoms with Gasteiger partial charge in [-0.3, -0.25) is 0 Å². The monoisotopic (exact) mass is 417 g/mol. The molecule has 0 saturated carbocycles. The van der Waals surface area contributed by atoms with Crippen LogP contribution in [0.25, 0.3) is 33.9 Å². The minimum atomic E-state index is 0.185. The second-order valence-corrected chi connectivity index (χ2v) is 8.26. The van der Waals surface area contributed by atoms with E-state index in [2.05, 4.69) is 72.6 Å². The number of hydrogen-bond donors (Lipinski definition) is 1. The number of aromatic amines is 1. The van der Waals surface area contributed by atoms with Crippen molar-refractivity contribution in [2.75, 3.05) is 7.11 Å². The highest BCUT2D eigenvalue weighted by atomic mass is 16.5. The Morgan fingerprint density at radius 1 is 0.844 bits per heavy atom. The molecule has 1 aliphatic rings. The van der Waals surface area contributed by atoms with E-state index in [-0.39, 0.29) is 5.92 Å². The maximum Gasteiger partial charge on any atom is 0.135 e. The number of aromatic nitrogens is 1. The second kappa shape index (κ2) is 7.31. The highest BCUT2D eigenvalue weighted by Crippen LogP contribution is 2.45. The molecule has 0 fully saturated rings. The number of rotatable bonds is 3. The first-order chi connectivity index (χ1) is 15.7.